The van der Waals surface area contributed by atoms with Crippen molar-refractivity contribution in [3.8, 4) is 0 Å². The molecule has 0 bridgehead atoms. The SMILES string of the molecule is O=C=C([O-])c1c(F)cccc1CN1CCCC1.[Na+]. The first-order chi connectivity index (χ1) is 8.22. The molecule has 1 aromatic rings. The molecule has 0 radical (unpaired) electrons. The second kappa shape index (κ2) is 7.07. The average molecular weight is 257 g/mol. The van der Waals surface area contributed by atoms with Crippen molar-refractivity contribution >= 4 is 11.7 Å². The molecule has 3 nitrogen and oxygen atoms in total. The second-order valence-electron chi connectivity index (χ2n) is 4.19. The molecule has 2 rings (SSSR count). The van der Waals surface area contributed by atoms with Crippen molar-refractivity contribution in [2.45, 2.75) is 19.4 Å². The molecule has 0 spiro atoms. The van der Waals surface area contributed by atoms with Crippen LogP contribution in [0.5, 0.6) is 0 Å². The van der Waals surface area contributed by atoms with Gasteiger partial charge in [0.2, 0.25) is 0 Å². The molecule has 1 heterocycles. The molecule has 1 saturated heterocycles. The minimum atomic E-state index is -0.905. The van der Waals surface area contributed by atoms with E-state index in [0.717, 1.165) is 25.9 Å². The fraction of sp³-hybridized carbons (Fsp3) is 0.385. The Labute approximate surface area is 128 Å². The van der Waals surface area contributed by atoms with Crippen molar-refractivity contribution < 1.29 is 43.8 Å². The van der Waals surface area contributed by atoms with Gasteiger partial charge in [-0.25, -0.2) is 9.18 Å². The smallest absolute Gasteiger partial charge is 0.864 e. The maximum absolute atomic E-state index is 13.5. The Morgan fingerprint density at radius 3 is 2.67 bits per heavy atom. The van der Waals surface area contributed by atoms with Crippen LogP contribution >= 0.6 is 0 Å². The topological polar surface area (TPSA) is 43.4 Å². The van der Waals surface area contributed by atoms with Gasteiger partial charge >= 0.3 is 29.6 Å². The third-order valence-corrected chi connectivity index (χ3v) is 3.01. The van der Waals surface area contributed by atoms with Crippen molar-refractivity contribution in [1.82, 2.24) is 4.90 Å². The first kappa shape index (κ1) is 15.4. The van der Waals surface area contributed by atoms with Gasteiger partial charge in [0.05, 0.1) is 0 Å². The summed E-state index contributed by atoms with van der Waals surface area (Å²) in [4.78, 5) is 12.5. The Morgan fingerprint density at radius 1 is 1.39 bits per heavy atom. The molecule has 1 aromatic carbocycles. The number of carbonyl (C=O) groups excluding carboxylic acids is 1. The fourth-order valence-corrected chi connectivity index (χ4v) is 2.19. The third-order valence-electron chi connectivity index (χ3n) is 3.01. The van der Waals surface area contributed by atoms with Gasteiger partial charge in [-0.3, -0.25) is 4.90 Å². The molecule has 0 unspecified atom stereocenters. The minimum absolute atomic E-state index is 0. The van der Waals surface area contributed by atoms with Crippen molar-refractivity contribution in [3.63, 3.8) is 0 Å². The monoisotopic (exact) mass is 257 g/mol. The molecule has 0 saturated carbocycles. The molecule has 0 aliphatic carbocycles. The van der Waals surface area contributed by atoms with E-state index in [1.807, 2.05) is 0 Å². The van der Waals surface area contributed by atoms with Gasteiger partial charge in [0.15, 0.2) is 0 Å². The van der Waals surface area contributed by atoms with Crippen LogP contribution in [0.25, 0.3) is 5.76 Å². The van der Waals surface area contributed by atoms with E-state index < -0.39 is 11.6 Å². The van der Waals surface area contributed by atoms with Crippen LogP contribution in [-0.2, 0) is 11.3 Å². The molecule has 90 valence electrons. The second-order valence-corrected chi connectivity index (χ2v) is 4.19. The van der Waals surface area contributed by atoms with E-state index in [-0.39, 0.29) is 35.1 Å². The molecular weight excluding hydrogens is 244 g/mol. The van der Waals surface area contributed by atoms with E-state index in [1.54, 1.807) is 12.1 Å². The first-order valence-corrected chi connectivity index (χ1v) is 5.64. The van der Waals surface area contributed by atoms with E-state index in [4.69, 9.17) is 0 Å². The number of likely N-dealkylation sites (tertiary alicyclic amines) is 1. The molecule has 0 aromatic heterocycles. The Hall–Kier alpha value is -0.640. The van der Waals surface area contributed by atoms with Crippen LogP contribution in [0.2, 0.25) is 0 Å². The van der Waals surface area contributed by atoms with Crippen LogP contribution in [0.4, 0.5) is 4.39 Å². The summed E-state index contributed by atoms with van der Waals surface area (Å²) in [6, 6.07) is 4.44. The van der Waals surface area contributed by atoms with E-state index >= 15 is 0 Å². The molecule has 0 atom stereocenters. The van der Waals surface area contributed by atoms with Crippen LogP contribution in [0, 0.1) is 5.82 Å². The summed E-state index contributed by atoms with van der Waals surface area (Å²) >= 11 is 0. The first-order valence-electron chi connectivity index (χ1n) is 5.64. The van der Waals surface area contributed by atoms with Crippen molar-refractivity contribution in [3.05, 3.63) is 35.1 Å². The molecule has 1 fully saturated rings. The minimum Gasteiger partial charge on any atom is -0.864 e. The number of halogens is 1. The summed E-state index contributed by atoms with van der Waals surface area (Å²) in [7, 11) is 0. The molecule has 18 heavy (non-hydrogen) atoms. The van der Waals surface area contributed by atoms with E-state index in [0.29, 0.717) is 12.1 Å². The van der Waals surface area contributed by atoms with Crippen LogP contribution in [0.15, 0.2) is 18.2 Å². The van der Waals surface area contributed by atoms with Gasteiger partial charge in [-0.2, -0.15) is 0 Å². The molecule has 0 amide bonds. The normalized spacial score (nSPS) is 14.9. The van der Waals surface area contributed by atoms with Gasteiger partial charge in [-0.15, -0.1) is 0 Å². The largest absolute Gasteiger partial charge is 1.00 e. The number of benzene rings is 1. The van der Waals surface area contributed by atoms with Gasteiger partial charge < -0.3 is 5.11 Å². The number of hydrogen-bond donors (Lipinski definition) is 0. The summed E-state index contributed by atoms with van der Waals surface area (Å²) in [5.74, 6) is -0.309. The summed E-state index contributed by atoms with van der Waals surface area (Å²) in [5, 5.41) is 11.3. The number of hydrogen-bond acceptors (Lipinski definition) is 3. The van der Waals surface area contributed by atoms with Crippen molar-refractivity contribution in [2.24, 2.45) is 0 Å². The fourth-order valence-electron chi connectivity index (χ4n) is 2.19. The van der Waals surface area contributed by atoms with E-state index in [9.17, 15) is 14.3 Å². The average Bonchev–Trinajstić information content (AvgIpc) is 2.81. The van der Waals surface area contributed by atoms with Gasteiger partial charge in [0, 0.05) is 12.1 Å². The van der Waals surface area contributed by atoms with Crippen LogP contribution in [0.1, 0.15) is 24.0 Å². The summed E-state index contributed by atoms with van der Waals surface area (Å²) in [6.07, 6.45) is 2.25. The van der Waals surface area contributed by atoms with Gasteiger partial charge in [-0.1, -0.05) is 12.1 Å². The molecule has 5 heteroatoms. The zero-order valence-corrected chi connectivity index (χ0v) is 12.4. The number of nitrogens with zero attached hydrogens (tertiary/aromatic N) is 1. The predicted molar refractivity (Wildman–Crippen MR) is 60.0 cm³/mol. The van der Waals surface area contributed by atoms with Crippen LogP contribution < -0.4 is 34.7 Å². The zero-order valence-electron chi connectivity index (χ0n) is 10.4. The van der Waals surface area contributed by atoms with Gasteiger partial charge in [0.1, 0.15) is 11.8 Å². The maximum atomic E-state index is 13.5. The summed E-state index contributed by atoms with van der Waals surface area (Å²) < 4.78 is 13.5. The Kier molecular flexibility index (Phi) is 6.06. The molecule has 0 N–H and O–H groups in total. The quantitative estimate of drug-likeness (QED) is 0.356. The van der Waals surface area contributed by atoms with Gasteiger partial charge in [-0.05, 0) is 43.3 Å². The summed E-state index contributed by atoms with van der Waals surface area (Å²) in [5.41, 5.74) is 0.439. The Balaban J connectivity index is 0.00000162. The van der Waals surface area contributed by atoms with Crippen molar-refractivity contribution in [2.75, 3.05) is 13.1 Å². The zero-order chi connectivity index (χ0) is 12.3. The standard InChI is InChI=1S/C13H14FNO2.Na/c14-11-5-3-4-10(13(11)12(17)9-16)8-15-6-1-2-7-15;/h3-5,17H,1-2,6-8H2;/q;+1/p-1. The van der Waals surface area contributed by atoms with Crippen LogP contribution in [0.3, 0.4) is 0 Å². The van der Waals surface area contributed by atoms with Crippen molar-refractivity contribution in [1.29, 1.82) is 0 Å². The summed E-state index contributed by atoms with van der Waals surface area (Å²) in [6.45, 7) is 2.42. The maximum Gasteiger partial charge on any atom is 1.00 e. The van der Waals surface area contributed by atoms with E-state index in [2.05, 4.69) is 4.90 Å². The molecule has 1 aliphatic heterocycles. The van der Waals surface area contributed by atoms with E-state index in [1.165, 1.54) is 12.0 Å². The third kappa shape index (κ3) is 3.44. The van der Waals surface area contributed by atoms with Crippen LogP contribution in [-0.4, -0.2) is 23.9 Å². The Bertz CT molecular complexity index is 466. The Morgan fingerprint density at radius 2 is 2.06 bits per heavy atom. The predicted octanol–water partition coefficient (Wildman–Crippen LogP) is -2.04. The molecule has 1 aliphatic rings. The molecular formula is C13H13FNNaO2. The number of rotatable bonds is 3. The van der Waals surface area contributed by atoms with Gasteiger partial charge in [0.25, 0.3) is 0 Å².